The summed E-state index contributed by atoms with van der Waals surface area (Å²) in [6.07, 6.45) is 4.49. The predicted octanol–water partition coefficient (Wildman–Crippen LogP) is 3.15. The maximum absolute atomic E-state index is 6.41. The molecule has 7 nitrogen and oxygen atoms in total. The summed E-state index contributed by atoms with van der Waals surface area (Å²) in [5.74, 6) is 1.58. The second-order valence-corrected chi connectivity index (χ2v) is 9.02. The van der Waals surface area contributed by atoms with Crippen molar-refractivity contribution in [3.63, 3.8) is 0 Å². The van der Waals surface area contributed by atoms with E-state index in [-0.39, 0.29) is 23.7 Å². The molecule has 1 aromatic carbocycles. The van der Waals surface area contributed by atoms with E-state index in [1.807, 2.05) is 10.7 Å². The van der Waals surface area contributed by atoms with Crippen LogP contribution >= 0.6 is 15.9 Å². The molecule has 3 atom stereocenters. The van der Waals surface area contributed by atoms with Gasteiger partial charge in [-0.05, 0) is 77.7 Å². The molecule has 0 spiro atoms. The minimum absolute atomic E-state index is 0.141. The van der Waals surface area contributed by atoms with E-state index < -0.39 is 0 Å². The van der Waals surface area contributed by atoms with Crippen molar-refractivity contribution < 1.29 is 4.74 Å². The molecule has 1 aliphatic carbocycles. The zero-order chi connectivity index (χ0) is 19.6. The molecule has 3 N–H and O–H groups in total. The van der Waals surface area contributed by atoms with Gasteiger partial charge in [0.2, 0.25) is 0 Å². The fraction of sp³-hybridized carbons (Fsp3) is 0.632. The van der Waals surface area contributed by atoms with Crippen LogP contribution in [-0.2, 0) is 5.54 Å². The van der Waals surface area contributed by atoms with Crippen LogP contribution in [0.1, 0.15) is 63.9 Å². The van der Waals surface area contributed by atoms with E-state index in [1.165, 1.54) is 12.8 Å². The van der Waals surface area contributed by atoms with Gasteiger partial charge < -0.3 is 10.5 Å². The molecular formula is C19H29BrN6O. The molecule has 27 heavy (non-hydrogen) atoms. The highest BCUT2D eigenvalue weighted by atomic mass is 79.9. The normalized spacial score (nSPS) is 21.9. The van der Waals surface area contributed by atoms with Crippen LogP contribution in [0.25, 0.3) is 0 Å². The number of nitrogens with one attached hydrogen (secondary N) is 1. The molecule has 0 bridgehead atoms. The standard InChI is InChI=1S/C19H29BrN6O/c1-19(2,3)26-18(23-24-25-26)17(22-15-8-6-5-7-14(15)21)12-9-10-16(27-4)13(20)11-12/h9-11,14-15,17,22H,5-8,21H2,1-4H3. The lowest BCUT2D eigenvalue weighted by Crippen LogP contribution is -2.49. The topological polar surface area (TPSA) is 90.9 Å². The third kappa shape index (κ3) is 4.50. The monoisotopic (exact) mass is 436 g/mol. The number of hydrogen-bond acceptors (Lipinski definition) is 6. The van der Waals surface area contributed by atoms with Gasteiger partial charge in [-0.25, -0.2) is 4.68 Å². The first-order valence-corrected chi connectivity index (χ1v) is 10.2. The first kappa shape index (κ1) is 20.2. The molecule has 1 aliphatic rings. The number of halogens is 1. The van der Waals surface area contributed by atoms with Crippen molar-refractivity contribution in [2.45, 2.75) is 70.1 Å². The van der Waals surface area contributed by atoms with Crippen molar-refractivity contribution >= 4 is 15.9 Å². The highest BCUT2D eigenvalue weighted by Crippen LogP contribution is 2.32. The van der Waals surface area contributed by atoms with E-state index in [0.29, 0.717) is 0 Å². The number of nitrogens with zero attached hydrogens (tertiary/aromatic N) is 4. The number of nitrogens with two attached hydrogens (primary N) is 1. The van der Waals surface area contributed by atoms with E-state index >= 15 is 0 Å². The van der Waals surface area contributed by atoms with Crippen LogP contribution in [0.2, 0.25) is 0 Å². The quantitative estimate of drug-likeness (QED) is 0.747. The second-order valence-electron chi connectivity index (χ2n) is 8.17. The molecule has 2 aromatic rings. The zero-order valence-corrected chi connectivity index (χ0v) is 18.0. The van der Waals surface area contributed by atoms with Crippen molar-refractivity contribution in [2.24, 2.45) is 5.73 Å². The number of rotatable bonds is 5. The third-order valence-corrected chi connectivity index (χ3v) is 5.72. The summed E-state index contributed by atoms with van der Waals surface area (Å²) in [6.45, 7) is 6.29. The summed E-state index contributed by atoms with van der Waals surface area (Å²) in [5.41, 5.74) is 7.25. The van der Waals surface area contributed by atoms with Crippen LogP contribution in [0.5, 0.6) is 5.75 Å². The van der Waals surface area contributed by atoms with E-state index in [4.69, 9.17) is 10.5 Å². The lowest BCUT2D eigenvalue weighted by Gasteiger charge is -2.34. The minimum Gasteiger partial charge on any atom is -0.496 e. The summed E-state index contributed by atoms with van der Waals surface area (Å²) in [6, 6.07) is 6.29. The van der Waals surface area contributed by atoms with Crippen LogP contribution in [0.15, 0.2) is 22.7 Å². The van der Waals surface area contributed by atoms with Crippen LogP contribution in [0.4, 0.5) is 0 Å². The van der Waals surface area contributed by atoms with Crippen LogP contribution < -0.4 is 15.8 Å². The van der Waals surface area contributed by atoms with Gasteiger partial charge in [-0.15, -0.1) is 5.10 Å². The van der Waals surface area contributed by atoms with Crippen LogP contribution in [-0.4, -0.2) is 39.4 Å². The molecule has 1 heterocycles. The summed E-state index contributed by atoms with van der Waals surface area (Å²) in [5, 5.41) is 16.3. The molecule has 3 rings (SSSR count). The van der Waals surface area contributed by atoms with Crippen molar-refractivity contribution in [1.82, 2.24) is 25.5 Å². The van der Waals surface area contributed by atoms with Crippen molar-refractivity contribution in [3.8, 4) is 5.75 Å². The van der Waals surface area contributed by atoms with Gasteiger partial charge in [-0.3, -0.25) is 5.32 Å². The van der Waals surface area contributed by atoms with Gasteiger partial charge in [0.15, 0.2) is 5.82 Å². The first-order valence-electron chi connectivity index (χ1n) is 9.45. The third-order valence-electron chi connectivity index (χ3n) is 5.10. The minimum atomic E-state index is -0.225. The second kappa shape index (κ2) is 8.24. The Hall–Kier alpha value is -1.51. The van der Waals surface area contributed by atoms with Crippen molar-refractivity contribution in [2.75, 3.05) is 7.11 Å². The SMILES string of the molecule is COc1ccc(C(NC2CCCCC2N)c2nnnn2C(C)(C)C)cc1Br. The van der Waals surface area contributed by atoms with Gasteiger partial charge in [-0.1, -0.05) is 18.9 Å². The van der Waals surface area contributed by atoms with Gasteiger partial charge >= 0.3 is 0 Å². The number of hydrogen-bond donors (Lipinski definition) is 2. The van der Waals surface area contributed by atoms with E-state index in [1.54, 1.807) is 7.11 Å². The average Bonchev–Trinajstić information content (AvgIpc) is 3.11. The van der Waals surface area contributed by atoms with Crippen LogP contribution in [0, 0.1) is 0 Å². The van der Waals surface area contributed by atoms with Gasteiger partial charge in [0.05, 0.1) is 23.2 Å². The summed E-state index contributed by atoms with van der Waals surface area (Å²) < 4.78 is 8.17. The average molecular weight is 437 g/mol. The Morgan fingerprint density at radius 2 is 2.04 bits per heavy atom. The Balaban J connectivity index is 2.01. The number of ether oxygens (including phenoxy) is 1. The van der Waals surface area contributed by atoms with Gasteiger partial charge in [-0.2, -0.15) is 0 Å². The number of tetrazole rings is 1. The fourth-order valence-corrected chi connectivity index (χ4v) is 4.17. The fourth-order valence-electron chi connectivity index (χ4n) is 3.61. The molecule has 3 unspecified atom stereocenters. The Bertz CT molecular complexity index is 772. The van der Waals surface area contributed by atoms with E-state index in [9.17, 15) is 0 Å². The molecule has 1 saturated carbocycles. The summed E-state index contributed by atoms with van der Waals surface area (Å²) >= 11 is 3.60. The summed E-state index contributed by atoms with van der Waals surface area (Å²) in [7, 11) is 1.66. The van der Waals surface area contributed by atoms with Gasteiger partial charge in [0.25, 0.3) is 0 Å². The zero-order valence-electron chi connectivity index (χ0n) is 16.4. The smallest absolute Gasteiger partial charge is 0.173 e. The lowest BCUT2D eigenvalue weighted by molar-refractivity contribution is 0.287. The molecule has 1 fully saturated rings. The Kier molecular flexibility index (Phi) is 6.18. The van der Waals surface area contributed by atoms with Crippen LogP contribution in [0.3, 0.4) is 0 Å². The van der Waals surface area contributed by atoms with E-state index in [2.05, 4.69) is 69.7 Å². The Morgan fingerprint density at radius 3 is 2.67 bits per heavy atom. The maximum atomic E-state index is 6.41. The Labute approximate surface area is 169 Å². The highest BCUT2D eigenvalue weighted by molar-refractivity contribution is 9.10. The predicted molar refractivity (Wildman–Crippen MR) is 109 cm³/mol. The molecule has 0 amide bonds. The molecule has 1 aromatic heterocycles. The van der Waals surface area contributed by atoms with Crippen molar-refractivity contribution in [1.29, 1.82) is 0 Å². The van der Waals surface area contributed by atoms with E-state index in [0.717, 1.165) is 34.5 Å². The van der Waals surface area contributed by atoms with Gasteiger partial charge in [0.1, 0.15) is 5.75 Å². The molecular weight excluding hydrogens is 408 g/mol. The Morgan fingerprint density at radius 1 is 1.30 bits per heavy atom. The summed E-state index contributed by atoms with van der Waals surface area (Å²) in [4.78, 5) is 0. The molecule has 8 heteroatoms. The molecule has 0 aliphatic heterocycles. The number of methoxy groups -OCH3 is 1. The van der Waals surface area contributed by atoms with Crippen molar-refractivity contribution in [3.05, 3.63) is 34.1 Å². The van der Waals surface area contributed by atoms with Gasteiger partial charge in [0, 0.05) is 12.1 Å². The largest absolute Gasteiger partial charge is 0.496 e. The first-order chi connectivity index (χ1) is 12.8. The lowest BCUT2D eigenvalue weighted by atomic mass is 9.89. The maximum Gasteiger partial charge on any atom is 0.173 e. The molecule has 148 valence electrons. The number of aromatic nitrogens is 4. The number of benzene rings is 1. The molecule has 0 radical (unpaired) electrons. The highest BCUT2D eigenvalue weighted by Gasteiger charge is 2.31. The molecule has 0 saturated heterocycles.